The van der Waals surface area contributed by atoms with Crippen molar-refractivity contribution in [1.82, 2.24) is 0 Å². The first-order valence-corrected chi connectivity index (χ1v) is 4.25. The smallest absolute Gasteiger partial charge is 0.365 e. The SMILES string of the molecule is NC(N)=N/[NH+]=C\c1ccccc1C(F)(F)F. The number of nitrogens with two attached hydrogens (primary N) is 2. The van der Waals surface area contributed by atoms with Crippen LogP contribution in [0.4, 0.5) is 13.2 Å². The van der Waals surface area contributed by atoms with E-state index in [2.05, 4.69) is 10.2 Å². The van der Waals surface area contributed by atoms with E-state index in [-0.39, 0.29) is 11.5 Å². The Labute approximate surface area is 89.5 Å². The van der Waals surface area contributed by atoms with Crippen LogP contribution in [0, 0.1) is 0 Å². The summed E-state index contributed by atoms with van der Waals surface area (Å²) < 4.78 is 37.5. The maximum atomic E-state index is 12.5. The van der Waals surface area contributed by atoms with Crippen LogP contribution in [0.25, 0.3) is 0 Å². The van der Waals surface area contributed by atoms with Gasteiger partial charge in [-0.2, -0.15) is 13.2 Å². The zero-order chi connectivity index (χ0) is 12.2. The zero-order valence-electron chi connectivity index (χ0n) is 8.12. The van der Waals surface area contributed by atoms with E-state index < -0.39 is 11.7 Å². The lowest BCUT2D eigenvalue weighted by Crippen LogP contribution is -2.64. The van der Waals surface area contributed by atoms with Crippen LogP contribution in [0.5, 0.6) is 0 Å². The van der Waals surface area contributed by atoms with Gasteiger partial charge in [0.2, 0.25) is 6.21 Å². The monoisotopic (exact) mass is 231 g/mol. The van der Waals surface area contributed by atoms with Gasteiger partial charge in [0.15, 0.2) is 0 Å². The lowest BCUT2D eigenvalue weighted by molar-refractivity contribution is -0.456. The lowest BCUT2D eigenvalue weighted by Gasteiger charge is -2.07. The predicted octanol–water partition coefficient (Wildman–Crippen LogP) is -0.607. The normalized spacial score (nSPS) is 11.7. The number of alkyl halides is 3. The van der Waals surface area contributed by atoms with Gasteiger partial charge in [-0.1, -0.05) is 12.1 Å². The third-order valence-electron chi connectivity index (χ3n) is 1.68. The van der Waals surface area contributed by atoms with E-state index in [0.717, 1.165) is 12.3 Å². The van der Waals surface area contributed by atoms with E-state index in [4.69, 9.17) is 11.5 Å². The van der Waals surface area contributed by atoms with E-state index in [1.807, 2.05) is 0 Å². The minimum atomic E-state index is -4.41. The molecule has 0 aromatic heterocycles. The predicted molar refractivity (Wildman–Crippen MR) is 53.4 cm³/mol. The molecule has 86 valence electrons. The molecule has 0 amide bonds. The fraction of sp³-hybridized carbons (Fsp3) is 0.111. The van der Waals surface area contributed by atoms with Crippen molar-refractivity contribution in [2.24, 2.45) is 16.6 Å². The molecular weight excluding hydrogens is 221 g/mol. The van der Waals surface area contributed by atoms with Crippen LogP contribution in [0.2, 0.25) is 0 Å². The highest BCUT2D eigenvalue weighted by Crippen LogP contribution is 2.30. The molecule has 1 aromatic rings. The van der Waals surface area contributed by atoms with E-state index >= 15 is 0 Å². The summed E-state index contributed by atoms with van der Waals surface area (Å²) in [6.45, 7) is 0. The fourth-order valence-electron chi connectivity index (χ4n) is 1.06. The Morgan fingerprint density at radius 2 is 1.88 bits per heavy atom. The molecule has 0 unspecified atom stereocenters. The number of benzene rings is 1. The topological polar surface area (TPSA) is 78.4 Å². The molecule has 1 rings (SSSR count). The summed E-state index contributed by atoms with van der Waals surface area (Å²) >= 11 is 0. The molecule has 1 aromatic carbocycles. The van der Waals surface area contributed by atoms with Crippen LogP contribution >= 0.6 is 0 Å². The second-order valence-electron chi connectivity index (χ2n) is 2.90. The van der Waals surface area contributed by atoms with Gasteiger partial charge >= 0.3 is 6.18 Å². The summed E-state index contributed by atoms with van der Waals surface area (Å²) in [5.74, 6) is -0.263. The largest absolute Gasteiger partial charge is 0.417 e. The van der Waals surface area contributed by atoms with Gasteiger partial charge in [0.25, 0.3) is 5.96 Å². The standard InChI is InChI=1S/C9H9F3N4/c10-9(11,12)7-4-2-1-3-6(7)5-15-16-8(13)14/h1-5H,(H4,13,14,16)/p+1/b15-5-. The van der Waals surface area contributed by atoms with Crippen molar-refractivity contribution in [3.05, 3.63) is 35.4 Å². The number of hydrazone groups is 1. The van der Waals surface area contributed by atoms with Gasteiger partial charge in [-0.15, -0.1) is 5.10 Å². The Balaban J connectivity index is 3.05. The van der Waals surface area contributed by atoms with Crippen molar-refractivity contribution in [2.75, 3.05) is 0 Å². The molecule has 0 atom stereocenters. The maximum absolute atomic E-state index is 12.5. The minimum absolute atomic E-state index is 0.0417. The molecule has 4 nitrogen and oxygen atoms in total. The summed E-state index contributed by atoms with van der Waals surface area (Å²) in [6.07, 6.45) is -3.34. The van der Waals surface area contributed by atoms with Crippen LogP contribution in [-0.4, -0.2) is 12.2 Å². The van der Waals surface area contributed by atoms with Gasteiger partial charge in [0.05, 0.1) is 11.1 Å². The number of halogens is 3. The summed E-state index contributed by atoms with van der Waals surface area (Å²) in [7, 11) is 0. The van der Waals surface area contributed by atoms with Gasteiger partial charge in [0, 0.05) is 5.10 Å². The molecule has 0 aliphatic rings. The van der Waals surface area contributed by atoms with Crippen LogP contribution in [-0.2, 0) is 6.18 Å². The molecule has 0 radical (unpaired) electrons. The van der Waals surface area contributed by atoms with E-state index in [0.29, 0.717) is 0 Å². The Hall–Kier alpha value is -2.05. The third kappa shape index (κ3) is 3.26. The number of nitrogens with zero attached hydrogens (tertiary/aromatic N) is 1. The first kappa shape index (κ1) is 12.0. The highest BCUT2D eigenvalue weighted by atomic mass is 19.4. The van der Waals surface area contributed by atoms with Crippen LogP contribution in [0.3, 0.4) is 0 Å². The van der Waals surface area contributed by atoms with E-state index in [9.17, 15) is 13.2 Å². The number of hydrogen-bond donors (Lipinski definition) is 3. The maximum Gasteiger partial charge on any atom is 0.417 e. The quantitative estimate of drug-likeness (QED) is 0.361. The fourth-order valence-corrected chi connectivity index (χ4v) is 1.06. The Morgan fingerprint density at radius 1 is 1.25 bits per heavy atom. The molecule has 16 heavy (non-hydrogen) atoms. The lowest BCUT2D eigenvalue weighted by atomic mass is 10.1. The Kier molecular flexibility index (Phi) is 3.49. The number of hydrogen-bond acceptors (Lipinski definition) is 1. The first-order chi connectivity index (χ1) is 7.41. The number of nitrogens with one attached hydrogen (secondary N) is 1. The van der Waals surface area contributed by atoms with Crippen molar-refractivity contribution < 1.29 is 18.3 Å². The third-order valence-corrected chi connectivity index (χ3v) is 1.68. The van der Waals surface area contributed by atoms with Crippen molar-refractivity contribution in [3.8, 4) is 0 Å². The van der Waals surface area contributed by atoms with Gasteiger partial charge < -0.3 is 11.5 Å². The van der Waals surface area contributed by atoms with Crippen LogP contribution in [0.15, 0.2) is 29.4 Å². The molecule has 0 spiro atoms. The average Bonchev–Trinajstić information content (AvgIpc) is 2.16. The zero-order valence-corrected chi connectivity index (χ0v) is 8.12. The summed E-state index contributed by atoms with van der Waals surface area (Å²) in [6, 6.07) is 5.07. The molecule has 5 N–H and O–H groups in total. The van der Waals surface area contributed by atoms with Crippen molar-refractivity contribution >= 4 is 12.2 Å². The van der Waals surface area contributed by atoms with Crippen molar-refractivity contribution in [3.63, 3.8) is 0 Å². The number of guanidine groups is 1. The average molecular weight is 231 g/mol. The molecular formula is C9H10F3N4+. The molecule has 0 heterocycles. The molecule has 0 bridgehead atoms. The molecule has 7 heteroatoms. The van der Waals surface area contributed by atoms with Crippen LogP contribution in [0.1, 0.15) is 11.1 Å². The van der Waals surface area contributed by atoms with Crippen LogP contribution < -0.4 is 16.6 Å². The molecule has 0 aliphatic heterocycles. The second-order valence-corrected chi connectivity index (χ2v) is 2.90. The van der Waals surface area contributed by atoms with Gasteiger partial charge in [0.1, 0.15) is 0 Å². The highest BCUT2D eigenvalue weighted by molar-refractivity contribution is 5.78. The minimum Gasteiger partial charge on any atom is -0.365 e. The summed E-state index contributed by atoms with van der Waals surface area (Å²) in [5.41, 5.74) is 9.21. The van der Waals surface area contributed by atoms with E-state index in [1.54, 1.807) is 0 Å². The van der Waals surface area contributed by atoms with Crippen molar-refractivity contribution in [1.29, 1.82) is 0 Å². The molecule has 0 saturated heterocycles. The molecule has 0 aliphatic carbocycles. The van der Waals surface area contributed by atoms with Crippen molar-refractivity contribution in [2.45, 2.75) is 6.18 Å². The first-order valence-electron chi connectivity index (χ1n) is 4.25. The highest BCUT2D eigenvalue weighted by Gasteiger charge is 2.33. The summed E-state index contributed by atoms with van der Waals surface area (Å²) in [4.78, 5) is 0. The van der Waals surface area contributed by atoms with Gasteiger partial charge in [-0.25, -0.2) is 0 Å². The Bertz CT molecular complexity index is 419. The van der Waals surface area contributed by atoms with Gasteiger partial charge in [-0.05, 0) is 12.1 Å². The Morgan fingerprint density at radius 3 is 2.44 bits per heavy atom. The second kappa shape index (κ2) is 4.65. The molecule has 0 saturated carbocycles. The van der Waals surface area contributed by atoms with E-state index in [1.165, 1.54) is 18.2 Å². The molecule has 0 fully saturated rings. The van der Waals surface area contributed by atoms with Gasteiger partial charge in [-0.3, -0.25) is 0 Å². The number of rotatable bonds is 2. The summed E-state index contributed by atoms with van der Waals surface area (Å²) in [5, 5.41) is 5.57.